The van der Waals surface area contributed by atoms with E-state index in [9.17, 15) is 19.7 Å². The molecule has 26 heavy (non-hydrogen) atoms. The largest absolute Gasteiger partial charge is 0.368 e. The molecule has 2 aromatic rings. The Bertz CT molecular complexity index is 812. The lowest BCUT2D eigenvalue weighted by atomic mass is 10.0. The normalized spacial score (nSPS) is 16.2. The Morgan fingerprint density at radius 1 is 1.15 bits per heavy atom. The molecule has 0 aliphatic carbocycles. The maximum absolute atomic E-state index is 12.5. The summed E-state index contributed by atoms with van der Waals surface area (Å²) in [6.07, 6.45) is 1.20. The van der Waals surface area contributed by atoms with Crippen LogP contribution in [0, 0.1) is 10.1 Å². The Balaban J connectivity index is 1.67. The molecule has 1 aromatic carbocycles. The average molecular weight is 357 g/mol. The summed E-state index contributed by atoms with van der Waals surface area (Å²) >= 11 is 0. The second kappa shape index (κ2) is 7.36. The molecule has 1 aromatic heterocycles. The first-order chi connectivity index (χ1) is 12.5. The molecule has 9 nitrogen and oxygen atoms in total. The van der Waals surface area contributed by atoms with Crippen LogP contribution in [-0.4, -0.2) is 57.7 Å². The van der Waals surface area contributed by atoms with E-state index in [0.29, 0.717) is 26.2 Å². The first-order valence-corrected chi connectivity index (χ1v) is 8.18. The number of rotatable bonds is 5. The molecule has 136 valence electrons. The summed E-state index contributed by atoms with van der Waals surface area (Å²) in [5.41, 5.74) is 6.44. The molecule has 3 rings (SSSR count). The van der Waals surface area contributed by atoms with Gasteiger partial charge in [-0.1, -0.05) is 30.3 Å². The van der Waals surface area contributed by atoms with Gasteiger partial charge in [0.25, 0.3) is 11.6 Å². The lowest BCUT2D eigenvalue weighted by Crippen LogP contribution is -2.51. The highest BCUT2D eigenvalue weighted by Gasteiger charge is 2.31. The van der Waals surface area contributed by atoms with E-state index in [0.717, 1.165) is 5.56 Å². The number of piperazine rings is 1. The van der Waals surface area contributed by atoms with Crippen LogP contribution in [0.15, 0.2) is 42.6 Å². The summed E-state index contributed by atoms with van der Waals surface area (Å²) in [7, 11) is 0. The van der Waals surface area contributed by atoms with Gasteiger partial charge in [0.2, 0.25) is 5.91 Å². The minimum Gasteiger partial charge on any atom is -0.368 e. The molecular formula is C17H19N5O4. The standard InChI is InChI=1S/C17H19N5O4/c18-16(23)15(12-4-2-1-3-5-12)20-6-8-21(9-7-20)17(24)14-10-13(11-19-14)22(25)26/h1-5,10-11,15,19H,6-9H2,(H2,18,23). The number of nitrogens with one attached hydrogen (secondary N) is 1. The van der Waals surface area contributed by atoms with Gasteiger partial charge in [-0.15, -0.1) is 0 Å². The van der Waals surface area contributed by atoms with Gasteiger partial charge in [0.05, 0.1) is 11.1 Å². The van der Waals surface area contributed by atoms with Gasteiger partial charge in [-0.2, -0.15) is 0 Å². The van der Waals surface area contributed by atoms with Gasteiger partial charge in [-0.25, -0.2) is 0 Å². The van der Waals surface area contributed by atoms with Crippen molar-refractivity contribution in [3.8, 4) is 0 Å². The van der Waals surface area contributed by atoms with Crippen LogP contribution in [0.1, 0.15) is 22.1 Å². The molecule has 3 N–H and O–H groups in total. The van der Waals surface area contributed by atoms with Crippen LogP contribution >= 0.6 is 0 Å². The number of nitrogens with two attached hydrogens (primary N) is 1. The molecule has 0 bridgehead atoms. The lowest BCUT2D eigenvalue weighted by molar-refractivity contribution is -0.384. The third-order valence-electron chi connectivity index (χ3n) is 4.46. The van der Waals surface area contributed by atoms with Gasteiger partial charge >= 0.3 is 0 Å². The molecule has 1 saturated heterocycles. The summed E-state index contributed by atoms with van der Waals surface area (Å²) in [5, 5.41) is 10.7. The highest BCUT2D eigenvalue weighted by Crippen LogP contribution is 2.22. The first kappa shape index (κ1) is 17.6. The molecule has 1 fully saturated rings. The number of hydrogen-bond donors (Lipinski definition) is 2. The molecule has 0 spiro atoms. The van der Waals surface area contributed by atoms with Gasteiger partial charge < -0.3 is 15.6 Å². The van der Waals surface area contributed by atoms with E-state index in [1.807, 2.05) is 35.2 Å². The van der Waals surface area contributed by atoms with Gasteiger partial charge in [-0.05, 0) is 5.56 Å². The van der Waals surface area contributed by atoms with Crippen LogP contribution < -0.4 is 5.73 Å². The summed E-state index contributed by atoms with van der Waals surface area (Å²) in [5.74, 6) is -0.732. The number of carbonyl (C=O) groups excluding carboxylic acids is 2. The third-order valence-corrected chi connectivity index (χ3v) is 4.46. The van der Waals surface area contributed by atoms with Crippen molar-refractivity contribution in [3.63, 3.8) is 0 Å². The van der Waals surface area contributed by atoms with E-state index in [2.05, 4.69) is 4.98 Å². The quantitative estimate of drug-likeness (QED) is 0.607. The SMILES string of the molecule is NC(=O)C(c1ccccc1)N1CCN(C(=O)c2cc([N+](=O)[O-])c[nH]2)CC1. The summed E-state index contributed by atoms with van der Waals surface area (Å²) in [4.78, 5) is 40.8. The molecule has 2 heterocycles. The third kappa shape index (κ3) is 3.57. The van der Waals surface area contributed by atoms with Crippen LogP contribution in [0.3, 0.4) is 0 Å². The van der Waals surface area contributed by atoms with Crippen molar-refractivity contribution in [2.75, 3.05) is 26.2 Å². The summed E-state index contributed by atoms with van der Waals surface area (Å²) in [6.45, 7) is 1.78. The maximum Gasteiger partial charge on any atom is 0.287 e. The monoisotopic (exact) mass is 357 g/mol. The Morgan fingerprint density at radius 3 is 2.35 bits per heavy atom. The van der Waals surface area contributed by atoms with Crippen molar-refractivity contribution in [2.24, 2.45) is 5.73 Å². The number of amides is 2. The van der Waals surface area contributed by atoms with Crippen LogP contribution in [0.5, 0.6) is 0 Å². The Morgan fingerprint density at radius 2 is 1.81 bits per heavy atom. The van der Waals surface area contributed by atoms with Crippen molar-refractivity contribution in [1.29, 1.82) is 0 Å². The average Bonchev–Trinajstić information content (AvgIpc) is 3.13. The van der Waals surface area contributed by atoms with Crippen molar-refractivity contribution in [2.45, 2.75) is 6.04 Å². The summed E-state index contributed by atoms with van der Waals surface area (Å²) in [6, 6.07) is 9.96. The lowest BCUT2D eigenvalue weighted by Gasteiger charge is -2.38. The minimum absolute atomic E-state index is 0.148. The highest BCUT2D eigenvalue weighted by molar-refractivity contribution is 5.93. The van der Waals surface area contributed by atoms with Crippen molar-refractivity contribution in [3.05, 3.63) is 64.0 Å². The first-order valence-electron chi connectivity index (χ1n) is 8.18. The molecule has 1 aliphatic heterocycles. The molecule has 2 amide bonds. The van der Waals surface area contributed by atoms with Crippen molar-refractivity contribution in [1.82, 2.24) is 14.8 Å². The van der Waals surface area contributed by atoms with Gasteiger partial charge in [0.15, 0.2) is 0 Å². The number of aromatic amines is 1. The summed E-state index contributed by atoms with van der Waals surface area (Å²) < 4.78 is 0. The Hall–Kier alpha value is -3.20. The smallest absolute Gasteiger partial charge is 0.287 e. The number of nitrogens with zero attached hydrogens (tertiary/aromatic N) is 3. The number of carbonyl (C=O) groups is 2. The number of nitro groups is 1. The molecular weight excluding hydrogens is 338 g/mol. The second-order valence-corrected chi connectivity index (χ2v) is 6.07. The fourth-order valence-corrected chi connectivity index (χ4v) is 3.16. The maximum atomic E-state index is 12.5. The predicted octanol–water partition coefficient (Wildman–Crippen LogP) is 0.907. The molecule has 0 radical (unpaired) electrons. The molecule has 1 atom stereocenters. The van der Waals surface area contributed by atoms with Crippen LogP contribution in [0.25, 0.3) is 0 Å². The number of aromatic nitrogens is 1. The predicted molar refractivity (Wildman–Crippen MR) is 93.3 cm³/mol. The molecule has 1 unspecified atom stereocenters. The van der Waals surface area contributed by atoms with Crippen molar-refractivity contribution < 1.29 is 14.5 Å². The van der Waals surface area contributed by atoms with E-state index in [-0.39, 0.29) is 17.3 Å². The Labute approximate surface area is 149 Å². The number of hydrogen-bond acceptors (Lipinski definition) is 5. The van der Waals surface area contributed by atoms with Gasteiger partial charge in [0, 0.05) is 32.2 Å². The zero-order valence-electron chi connectivity index (χ0n) is 14.0. The molecule has 0 saturated carbocycles. The number of benzene rings is 1. The van der Waals surface area contributed by atoms with Crippen LogP contribution in [0.4, 0.5) is 5.69 Å². The number of primary amides is 1. The van der Waals surface area contributed by atoms with Crippen molar-refractivity contribution >= 4 is 17.5 Å². The fourth-order valence-electron chi connectivity index (χ4n) is 3.16. The highest BCUT2D eigenvalue weighted by atomic mass is 16.6. The van der Waals surface area contributed by atoms with E-state index >= 15 is 0 Å². The van der Waals surface area contributed by atoms with Crippen LogP contribution in [-0.2, 0) is 4.79 Å². The zero-order valence-corrected chi connectivity index (χ0v) is 14.0. The topological polar surface area (TPSA) is 126 Å². The second-order valence-electron chi connectivity index (χ2n) is 6.07. The molecule has 9 heteroatoms. The van der Waals surface area contributed by atoms with E-state index < -0.39 is 16.9 Å². The van der Waals surface area contributed by atoms with Gasteiger partial charge in [0.1, 0.15) is 11.7 Å². The van der Waals surface area contributed by atoms with Crippen LogP contribution in [0.2, 0.25) is 0 Å². The Kier molecular flexibility index (Phi) is 4.99. The zero-order chi connectivity index (χ0) is 18.7. The van der Waals surface area contributed by atoms with E-state index in [1.165, 1.54) is 12.3 Å². The van der Waals surface area contributed by atoms with E-state index in [1.54, 1.807) is 4.90 Å². The number of H-pyrrole nitrogens is 1. The minimum atomic E-state index is -0.553. The molecule has 1 aliphatic rings. The van der Waals surface area contributed by atoms with E-state index in [4.69, 9.17) is 5.73 Å². The van der Waals surface area contributed by atoms with Gasteiger partial charge in [-0.3, -0.25) is 24.6 Å². The fraction of sp³-hybridized carbons (Fsp3) is 0.294.